The van der Waals surface area contributed by atoms with E-state index in [2.05, 4.69) is 40.9 Å². The Morgan fingerprint density at radius 2 is 1.73 bits per heavy atom. The van der Waals surface area contributed by atoms with Crippen molar-refractivity contribution in [2.24, 2.45) is 0 Å². The molecule has 86 valence electrons. The lowest BCUT2D eigenvalue weighted by molar-refractivity contribution is 0.909. The molecule has 0 unspecified atom stereocenters. The fourth-order valence-electron chi connectivity index (χ4n) is 1.47. The van der Waals surface area contributed by atoms with Crippen molar-refractivity contribution in [2.45, 2.75) is 52.7 Å². The summed E-state index contributed by atoms with van der Waals surface area (Å²) in [4.78, 5) is 1.40. The average molecular weight is 224 g/mol. The van der Waals surface area contributed by atoms with E-state index in [-0.39, 0.29) is 0 Å². The molecule has 0 spiro atoms. The van der Waals surface area contributed by atoms with Crippen LogP contribution in [0.15, 0.2) is 34.8 Å². The van der Waals surface area contributed by atoms with E-state index in [9.17, 15) is 0 Å². The number of rotatable bonds is 6. The van der Waals surface area contributed by atoms with Gasteiger partial charge in [0.1, 0.15) is 0 Å². The second-order valence-corrected chi connectivity index (χ2v) is 6.00. The molecule has 0 saturated carbocycles. The van der Waals surface area contributed by atoms with Gasteiger partial charge in [0.15, 0.2) is 0 Å². The van der Waals surface area contributed by atoms with Gasteiger partial charge in [-0.05, 0) is 36.3 Å². The van der Waals surface area contributed by atoms with E-state index >= 15 is 0 Å². The van der Waals surface area contributed by atoms with Crippen LogP contribution in [0.5, 0.6) is 0 Å². The second kappa shape index (κ2) is 6.95. The normalized spacial score (nSPS) is 12.7. The first-order chi connectivity index (χ1) is 6.90. The van der Waals surface area contributed by atoms with E-state index in [0.717, 1.165) is 24.0 Å². The van der Waals surface area contributed by atoms with Crippen molar-refractivity contribution in [1.29, 1.82) is 0 Å². The van der Waals surface area contributed by atoms with Crippen LogP contribution in [0.25, 0.3) is 0 Å². The van der Waals surface area contributed by atoms with Gasteiger partial charge < -0.3 is 0 Å². The fraction of sp³-hybridized carbons (Fsp3) is 0.571. The second-order valence-electron chi connectivity index (χ2n) is 4.21. The summed E-state index contributed by atoms with van der Waals surface area (Å²) in [6.45, 7) is 19.0. The molecule has 0 aliphatic carbocycles. The Labute approximate surface area is 99.5 Å². The molecule has 1 heteroatoms. The van der Waals surface area contributed by atoms with Gasteiger partial charge >= 0.3 is 0 Å². The number of hydrogen-bond donors (Lipinski definition) is 0. The fourth-order valence-corrected chi connectivity index (χ4v) is 2.55. The van der Waals surface area contributed by atoms with Crippen LogP contribution in [0.2, 0.25) is 0 Å². The van der Waals surface area contributed by atoms with Crippen LogP contribution in [0.1, 0.15) is 47.5 Å². The lowest BCUT2D eigenvalue weighted by Gasteiger charge is -2.15. The summed E-state index contributed by atoms with van der Waals surface area (Å²) in [5.41, 5.74) is 3.60. The maximum atomic E-state index is 4.13. The van der Waals surface area contributed by atoms with Crippen molar-refractivity contribution >= 4 is 11.8 Å². The first-order valence-electron chi connectivity index (χ1n) is 5.61. The summed E-state index contributed by atoms with van der Waals surface area (Å²) in [5.74, 6) is 0. The molecule has 0 rings (SSSR count). The SMILES string of the molecule is C=C(C)C(=C)/C(CCC)=C(\C)SC(C)C. The predicted molar refractivity (Wildman–Crippen MR) is 74.3 cm³/mol. The quantitative estimate of drug-likeness (QED) is 0.549. The maximum absolute atomic E-state index is 4.13. The molecule has 0 aromatic heterocycles. The first kappa shape index (κ1) is 14.6. The van der Waals surface area contributed by atoms with Crippen molar-refractivity contribution in [3.63, 3.8) is 0 Å². The summed E-state index contributed by atoms with van der Waals surface area (Å²) in [6.07, 6.45) is 2.27. The van der Waals surface area contributed by atoms with E-state index in [0.29, 0.717) is 5.25 Å². The minimum Gasteiger partial charge on any atom is -0.128 e. The maximum Gasteiger partial charge on any atom is 0.00345 e. The van der Waals surface area contributed by atoms with E-state index in [1.165, 1.54) is 10.5 Å². The molecule has 0 amide bonds. The lowest BCUT2D eigenvalue weighted by Crippen LogP contribution is -1.95. The Balaban J connectivity index is 4.91. The predicted octanol–water partition coefficient (Wildman–Crippen LogP) is 5.33. The standard InChI is InChI=1S/C14H24S/c1-8-9-14(12(6)10(2)3)13(7)15-11(4)5/h11H,2,6,8-9H2,1,3-5,7H3/b14-13+. The molecule has 0 atom stereocenters. The topological polar surface area (TPSA) is 0 Å². The van der Waals surface area contributed by atoms with E-state index < -0.39 is 0 Å². The Morgan fingerprint density at radius 1 is 1.20 bits per heavy atom. The van der Waals surface area contributed by atoms with Crippen molar-refractivity contribution in [3.8, 4) is 0 Å². The molecule has 0 aliphatic rings. The summed E-state index contributed by atoms with van der Waals surface area (Å²) >= 11 is 1.93. The largest absolute Gasteiger partial charge is 0.128 e. The molecule has 0 aliphatic heterocycles. The van der Waals surface area contributed by atoms with Crippen LogP contribution in [0.3, 0.4) is 0 Å². The highest BCUT2D eigenvalue weighted by molar-refractivity contribution is 8.03. The highest BCUT2D eigenvalue weighted by atomic mass is 32.2. The molecule has 0 bridgehead atoms. The Bertz CT molecular complexity index is 269. The van der Waals surface area contributed by atoms with Gasteiger partial charge in [0, 0.05) is 5.25 Å². The molecule has 0 aromatic carbocycles. The molecular formula is C14H24S. The van der Waals surface area contributed by atoms with Gasteiger partial charge in [-0.1, -0.05) is 45.9 Å². The minimum absolute atomic E-state index is 0.634. The van der Waals surface area contributed by atoms with Gasteiger partial charge in [-0.25, -0.2) is 0 Å². The summed E-state index contributed by atoms with van der Waals surface area (Å²) in [7, 11) is 0. The zero-order chi connectivity index (χ0) is 12.0. The van der Waals surface area contributed by atoms with Gasteiger partial charge in [0.2, 0.25) is 0 Å². The summed E-state index contributed by atoms with van der Waals surface area (Å²) < 4.78 is 0. The van der Waals surface area contributed by atoms with E-state index in [1.54, 1.807) is 0 Å². The van der Waals surface area contributed by atoms with Crippen molar-refractivity contribution in [3.05, 3.63) is 34.8 Å². The van der Waals surface area contributed by atoms with Crippen molar-refractivity contribution in [1.82, 2.24) is 0 Å². The van der Waals surface area contributed by atoms with Crippen LogP contribution in [0.4, 0.5) is 0 Å². The Morgan fingerprint density at radius 3 is 2.07 bits per heavy atom. The van der Waals surface area contributed by atoms with Crippen molar-refractivity contribution in [2.75, 3.05) is 0 Å². The third kappa shape index (κ3) is 5.27. The zero-order valence-corrected chi connectivity index (χ0v) is 11.6. The van der Waals surface area contributed by atoms with Gasteiger partial charge in [-0.15, -0.1) is 11.8 Å². The smallest absolute Gasteiger partial charge is 0.00345 e. The van der Waals surface area contributed by atoms with Crippen LogP contribution < -0.4 is 0 Å². The molecule has 0 saturated heterocycles. The number of thioether (sulfide) groups is 1. The molecular weight excluding hydrogens is 200 g/mol. The molecule has 0 fully saturated rings. The van der Waals surface area contributed by atoms with Gasteiger partial charge in [0.25, 0.3) is 0 Å². The van der Waals surface area contributed by atoms with Crippen LogP contribution in [-0.4, -0.2) is 5.25 Å². The Hall–Kier alpha value is -0.430. The highest BCUT2D eigenvalue weighted by Crippen LogP contribution is 2.31. The Kier molecular flexibility index (Phi) is 6.75. The minimum atomic E-state index is 0.634. The number of allylic oxidation sites excluding steroid dienone is 4. The highest BCUT2D eigenvalue weighted by Gasteiger charge is 2.08. The van der Waals surface area contributed by atoms with Crippen LogP contribution in [-0.2, 0) is 0 Å². The molecule has 0 radical (unpaired) electrons. The van der Waals surface area contributed by atoms with Crippen LogP contribution >= 0.6 is 11.8 Å². The third-order valence-corrected chi connectivity index (χ3v) is 3.29. The monoisotopic (exact) mass is 224 g/mol. The lowest BCUT2D eigenvalue weighted by atomic mass is 9.98. The van der Waals surface area contributed by atoms with Gasteiger partial charge in [-0.2, -0.15) is 0 Å². The average Bonchev–Trinajstić information content (AvgIpc) is 2.11. The van der Waals surface area contributed by atoms with E-state index in [1.807, 2.05) is 18.7 Å². The number of hydrogen-bond acceptors (Lipinski definition) is 1. The summed E-state index contributed by atoms with van der Waals surface area (Å²) in [5, 5.41) is 0.634. The molecule has 0 nitrogen and oxygen atoms in total. The zero-order valence-electron chi connectivity index (χ0n) is 10.8. The molecule has 15 heavy (non-hydrogen) atoms. The molecule has 0 aromatic rings. The van der Waals surface area contributed by atoms with E-state index in [4.69, 9.17) is 0 Å². The molecule has 0 N–H and O–H groups in total. The summed E-state index contributed by atoms with van der Waals surface area (Å²) in [6, 6.07) is 0. The third-order valence-electron chi connectivity index (χ3n) is 2.22. The first-order valence-corrected chi connectivity index (χ1v) is 6.49. The molecule has 0 heterocycles. The van der Waals surface area contributed by atoms with Gasteiger partial charge in [-0.3, -0.25) is 0 Å². The van der Waals surface area contributed by atoms with Crippen LogP contribution in [0, 0.1) is 0 Å². The van der Waals surface area contributed by atoms with Crippen molar-refractivity contribution < 1.29 is 0 Å². The van der Waals surface area contributed by atoms with Gasteiger partial charge in [0.05, 0.1) is 0 Å².